The normalized spacial score (nSPS) is 10.6. The molecule has 4 rings (SSSR count). The Morgan fingerprint density at radius 2 is 1.44 bits per heavy atom. The second-order valence-electron chi connectivity index (χ2n) is 7.34. The molecule has 0 saturated heterocycles. The molecule has 0 N–H and O–H groups in total. The van der Waals surface area contributed by atoms with E-state index in [4.69, 9.17) is 23.9 Å². The number of pyridine rings is 1. The molecule has 34 heavy (non-hydrogen) atoms. The summed E-state index contributed by atoms with van der Waals surface area (Å²) in [6.07, 6.45) is 0. The van der Waals surface area contributed by atoms with Crippen LogP contribution >= 0.6 is 0 Å². The van der Waals surface area contributed by atoms with Crippen molar-refractivity contribution in [3.05, 3.63) is 83.9 Å². The number of hydrogen-bond acceptors (Lipinski definition) is 7. The van der Waals surface area contributed by atoms with Crippen molar-refractivity contribution in [2.45, 2.75) is 0 Å². The van der Waals surface area contributed by atoms with Crippen LogP contribution in [0.25, 0.3) is 22.2 Å². The standard InChI is InChI=1S/C27H23NO6/c1-31-24-11-7-5-9-19(24)23(29)16-34-27(30)20-15-22(28-21-10-6-4-8-18(20)21)17-12-13-25(32-2)26(14-17)33-3/h4-15H,16H2,1-3H3. The van der Waals surface area contributed by atoms with E-state index >= 15 is 0 Å². The Balaban J connectivity index is 1.67. The second kappa shape index (κ2) is 10.0. The second-order valence-corrected chi connectivity index (χ2v) is 7.34. The van der Waals surface area contributed by atoms with Gasteiger partial charge in [-0.25, -0.2) is 9.78 Å². The van der Waals surface area contributed by atoms with E-state index in [0.717, 1.165) is 5.56 Å². The smallest absolute Gasteiger partial charge is 0.339 e. The van der Waals surface area contributed by atoms with Crippen LogP contribution in [0.2, 0.25) is 0 Å². The van der Waals surface area contributed by atoms with Crippen LogP contribution in [0, 0.1) is 0 Å². The molecule has 0 unspecified atom stereocenters. The van der Waals surface area contributed by atoms with Crippen molar-refractivity contribution in [1.82, 2.24) is 4.98 Å². The van der Waals surface area contributed by atoms with Crippen molar-refractivity contribution in [2.75, 3.05) is 27.9 Å². The van der Waals surface area contributed by atoms with Gasteiger partial charge in [-0.1, -0.05) is 30.3 Å². The van der Waals surface area contributed by atoms with Crippen LogP contribution in [-0.2, 0) is 4.74 Å². The number of fused-ring (bicyclic) bond motifs is 1. The van der Waals surface area contributed by atoms with Crippen LogP contribution in [0.15, 0.2) is 72.8 Å². The van der Waals surface area contributed by atoms with E-state index in [-0.39, 0.29) is 5.78 Å². The van der Waals surface area contributed by atoms with Crippen molar-refractivity contribution >= 4 is 22.7 Å². The molecular weight excluding hydrogens is 434 g/mol. The molecule has 0 fully saturated rings. The number of rotatable bonds is 8. The van der Waals surface area contributed by atoms with Gasteiger partial charge in [0.2, 0.25) is 5.78 Å². The number of ketones is 1. The summed E-state index contributed by atoms with van der Waals surface area (Å²) in [6.45, 7) is -0.415. The van der Waals surface area contributed by atoms with Gasteiger partial charge in [0.05, 0.1) is 43.7 Å². The van der Waals surface area contributed by atoms with Crippen LogP contribution in [0.3, 0.4) is 0 Å². The van der Waals surface area contributed by atoms with Crippen LogP contribution in [0.1, 0.15) is 20.7 Å². The molecule has 4 aromatic rings. The third-order valence-corrected chi connectivity index (χ3v) is 5.36. The minimum absolute atomic E-state index is 0.309. The summed E-state index contributed by atoms with van der Waals surface area (Å²) in [6, 6.07) is 21.1. The molecule has 0 spiro atoms. The maximum atomic E-state index is 13.1. The Morgan fingerprint density at radius 1 is 0.735 bits per heavy atom. The molecule has 0 bridgehead atoms. The number of aromatic nitrogens is 1. The lowest BCUT2D eigenvalue weighted by Gasteiger charge is -2.12. The quantitative estimate of drug-likeness (QED) is 0.273. The maximum absolute atomic E-state index is 13.1. The first-order valence-electron chi connectivity index (χ1n) is 10.5. The van der Waals surface area contributed by atoms with E-state index in [2.05, 4.69) is 0 Å². The van der Waals surface area contributed by atoms with Gasteiger partial charge in [-0.15, -0.1) is 0 Å². The van der Waals surface area contributed by atoms with Gasteiger partial charge in [-0.3, -0.25) is 4.79 Å². The highest BCUT2D eigenvalue weighted by atomic mass is 16.5. The van der Waals surface area contributed by atoms with Crippen LogP contribution in [-0.4, -0.2) is 44.7 Å². The molecule has 0 aliphatic heterocycles. The highest BCUT2D eigenvalue weighted by molar-refractivity contribution is 6.06. The molecule has 1 aromatic heterocycles. The molecule has 3 aromatic carbocycles. The molecule has 7 nitrogen and oxygen atoms in total. The fourth-order valence-electron chi connectivity index (χ4n) is 3.65. The van der Waals surface area contributed by atoms with Crippen molar-refractivity contribution in [3.8, 4) is 28.5 Å². The van der Waals surface area contributed by atoms with Gasteiger partial charge in [0.15, 0.2) is 18.1 Å². The van der Waals surface area contributed by atoms with Crippen LogP contribution < -0.4 is 14.2 Å². The van der Waals surface area contributed by atoms with Gasteiger partial charge < -0.3 is 18.9 Å². The van der Waals surface area contributed by atoms with Crippen LogP contribution in [0.5, 0.6) is 17.2 Å². The highest BCUT2D eigenvalue weighted by Gasteiger charge is 2.19. The summed E-state index contributed by atoms with van der Waals surface area (Å²) in [5.41, 5.74) is 2.58. The van der Waals surface area contributed by atoms with Gasteiger partial charge in [-0.05, 0) is 42.5 Å². The van der Waals surface area contributed by atoms with Crippen LogP contribution in [0.4, 0.5) is 0 Å². The Hall–Kier alpha value is -4.39. The van der Waals surface area contributed by atoms with Gasteiger partial charge in [0.1, 0.15) is 5.75 Å². The van der Waals surface area contributed by atoms with E-state index in [1.807, 2.05) is 24.3 Å². The fraction of sp³-hybridized carbons (Fsp3) is 0.148. The zero-order chi connectivity index (χ0) is 24.1. The minimum atomic E-state index is -0.622. The zero-order valence-corrected chi connectivity index (χ0v) is 19.0. The number of ether oxygens (including phenoxy) is 4. The Morgan fingerprint density at radius 3 is 2.21 bits per heavy atom. The Labute approximate surface area is 196 Å². The van der Waals surface area contributed by atoms with Crippen molar-refractivity contribution in [1.29, 1.82) is 0 Å². The van der Waals surface area contributed by atoms with E-state index in [1.165, 1.54) is 7.11 Å². The lowest BCUT2D eigenvalue weighted by atomic mass is 10.0. The van der Waals surface area contributed by atoms with Gasteiger partial charge >= 0.3 is 5.97 Å². The average molecular weight is 457 g/mol. The van der Waals surface area contributed by atoms with Gasteiger partial charge in [-0.2, -0.15) is 0 Å². The lowest BCUT2D eigenvalue weighted by molar-refractivity contribution is 0.0476. The summed E-state index contributed by atoms with van der Waals surface area (Å²) < 4.78 is 21.3. The lowest BCUT2D eigenvalue weighted by Crippen LogP contribution is -2.15. The number of esters is 1. The van der Waals surface area contributed by atoms with E-state index in [0.29, 0.717) is 45.0 Å². The van der Waals surface area contributed by atoms with Gasteiger partial charge in [0, 0.05) is 10.9 Å². The molecule has 0 atom stereocenters. The first-order chi connectivity index (χ1) is 16.5. The number of para-hydroxylation sites is 2. The van der Waals surface area contributed by atoms with Crippen molar-refractivity contribution < 1.29 is 28.5 Å². The number of benzene rings is 3. The maximum Gasteiger partial charge on any atom is 0.339 e. The summed E-state index contributed by atoms with van der Waals surface area (Å²) in [5.74, 6) is 0.574. The number of carbonyl (C=O) groups is 2. The predicted octanol–water partition coefficient (Wildman–Crippen LogP) is 4.97. The van der Waals surface area contributed by atoms with E-state index < -0.39 is 12.6 Å². The molecule has 1 heterocycles. The molecule has 7 heteroatoms. The molecule has 0 amide bonds. The molecule has 172 valence electrons. The largest absolute Gasteiger partial charge is 0.496 e. The monoisotopic (exact) mass is 457 g/mol. The number of hydrogen-bond donors (Lipinski definition) is 0. The predicted molar refractivity (Wildman–Crippen MR) is 128 cm³/mol. The summed E-state index contributed by atoms with van der Waals surface area (Å²) in [4.78, 5) is 30.4. The molecule has 0 aliphatic rings. The number of carbonyl (C=O) groups excluding carboxylic acids is 2. The van der Waals surface area contributed by atoms with Crippen molar-refractivity contribution in [3.63, 3.8) is 0 Å². The first-order valence-corrected chi connectivity index (χ1v) is 10.5. The van der Waals surface area contributed by atoms with Crippen molar-refractivity contribution in [2.24, 2.45) is 0 Å². The molecular formula is C27H23NO6. The third kappa shape index (κ3) is 4.54. The average Bonchev–Trinajstić information content (AvgIpc) is 2.90. The first kappa shape index (κ1) is 22.8. The van der Waals surface area contributed by atoms with Gasteiger partial charge in [0.25, 0.3) is 0 Å². The topological polar surface area (TPSA) is 84.0 Å². The summed E-state index contributed by atoms with van der Waals surface area (Å²) in [7, 11) is 4.60. The van der Waals surface area contributed by atoms with E-state index in [1.54, 1.807) is 62.8 Å². The molecule has 0 radical (unpaired) electrons. The van der Waals surface area contributed by atoms with E-state index in [9.17, 15) is 9.59 Å². The molecule has 0 saturated carbocycles. The fourth-order valence-corrected chi connectivity index (χ4v) is 3.65. The third-order valence-electron chi connectivity index (χ3n) is 5.36. The summed E-state index contributed by atoms with van der Waals surface area (Å²) in [5, 5.41) is 0.626. The Kier molecular flexibility index (Phi) is 6.73. The molecule has 0 aliphatic carbocycles. The number of methoxy groups -OCH3 is 3. The number of nitrogens with zero attached hydrogens (tertiary/aromatic N) is 1. The highest BCUT2D eigenvalue weighted by Crippen LogP contribution is 2.33. The Bertz CT molecular complexity index is 1360. The minimum Gasteiger partial charge on any atom is -0.496 e. The number of Topliss-reactive ketones (excluding diaryl/α,β-unsaturated/α-hetero) is 1. The summed E-state index contributed by atoms with van der Waals surface area (Å²) >= 11 is 0. The SMILES string of the molecule is COc1ccc(-c2cc(C(=O)OCC(=O)c3ccccc3OC)c3ccccc3n2)cc1OC. The zero-order valence-electron chi connectivity index (χ0n) is 19.0.